The number of thiazole rings is 1. The topological polar surface area (TPSA) is 124 Å². The van der Waals surface area contributed by atoms with Crippen molar-refractivity contribution in [2.45, 2.75) is 58.1 Å². The number of aliphatic hydroxyl groups is 2. The summed E-state index contributed by atoms with van der Waals surface area (Å²) in [5, 5.41) is 29.7. The molecule has 0 aliphatic heterocycles. The predicted molar refractivity (Wildman–Crippen MR) is 144 cm³/mol. The van der Waals surface area contributed by atoms with Gasteiger partial charge in [0.15, 0.2) is 5.13 Å². The number of nitrogens with zero attached hydrogens (tertiary/aromatic N) is 2. The highest BCUT2D eigenvalue weighted by molar-refractivity contribution is 7.16. The number of thiophene rings is 1. The van der Waals surface area contributed by atoms with E-state index in [1.807, 2.05) is 30.5 Å². The van der Waals surface area contributed by atoms with Gasteiger partial charge in [-0.25, -0.2) is 4.98 Å². The van der Waals surface area contributed by atoms with Crippen LogP contribution in [-0.2, 0) is 17.8 Å². The van der Waals surface area contributed by atoms with E-state index in [0.717, 1.165) is 22.6 Å². The lowest BCUT2D eigenvalue weighted by molar-refractivity contribution is -0.144. The number of amides is 2. The number of pyridine rings is 1. The first-order valence-corrected chi connectivity index (χ1v) is 14.2. The Balaban J connectivity index is 1.45. The molecule has 1 saturated carbocycles. The minimum atomic E-state index is -0.695. The van der Waals surface area contributed by atoms with Gasteiger partial charge < -0.3 is 15.5 Å². The van der Waals surface area contributed by atoms with Gasteiger partial charge in [0.2, 0.25) is 5.91 Å². The first-order valence-electron chi connectivity index (χ1n) is 12.5. The van der Waals surface area contributed by atoms with Crippen molar-refractivity contribution in [3.8, 4) is 0 Å². The van der Waals surface area contributed by atoms with E-state index in [0.29, 0.717) is 29.4 Å². The van der Waals surface area contributed by atoms with Gasteiger partial charge in [0.1, 0.15) is 0 Å². The molecule has 3 aromatic heterocycles. The van der Waals surface area contributed by atoms with Crippen molar-refractivity contribution in [3.63, 3.8) is 0 Å². The number of fused-ring (bicyclic) bond motifs is 2. The smallest absolute Gasteiger partial charge is 0.267 e. The molecule has 1 fully saturated rings. The minimum Gasteiger partial charge on any atom is -0.396 e. The van der Waals surface area contributed by atoms with Gasteiger partial charge >= 0.3 is 0 Å². The fourth-order valence-corrected chi connectivity index (χ4v) is 7.91. The molecule has 0 saturated heterocycles. The van der Waals surface area contributed by atoms with E-state index in [1.54, 1.807) is 18.5 Å². The van der Waals surface area contributed by atoms with Gasteiger partial charge in [0.25, 0.3) is 5.91 Å². The molecule has 0 bridgehead atoms. The highest BCUT2D eigenvalue weighted by Crippen LogP contribution is 2.62. The number of nitrogens with one attached hydrogen (secondary N) is 2. The largest absolute Gasteiger partial charge is 0.396 e. The Morgan fingerprint density at radius 2 is 2.08 bits per heavy atom. The molecule has 2 amide bonds. The first kappa shape index (κ1) is 26.0. The molecule has 0 radical (unpaired) electrons. The van der Waals surface area contributed by atoms with Crippen LogP contribution in [0.5, 0.6) is 0 Å². The molecule has 0 spiro atoms. The molecule has 5 atom stereocenters. The van der Waals surface area contributed by atoms with Crippen LogP contribution in [0.25, 0.3) is 0 Å². The van der Waals surface area contributed by atoms with Crippen LogP contribution in [-0.4, -0.2) is 44.7 Å². The normalized spacial score (nSPS) is 28.7. The molecule has 4 N–H and O–H groups in total. The maximum Gasteiger partial charge on any atom is 0.267 e. The minimum absolute atomic E-state index is 0.0429. The molecule has 0 aromatic carbocycles. The monoisotopic (exact) mass is 540 g/mol. The summed E-state index contributed by atoms with van der Waals surface area (Å²) in [6.45, 7) is 4.37. The second kappa shape index (κ2) is 10.2. The Morgan fingerprint density at radius 1 is 1.24 bits per heavy atom. The second-order valence-electron chi connectivity index (χ2n) is 10.6. The van der Waals surface area contributed by atoms with Gasteiger partial charge in [-0.05, 0) is 53.7 Å². The fourth-order valence-electron chi connectivity index (χ4n) is 6.23. The summed E-state index contributed by atoms with van der Waals surface area (Å²) >= 11 is 2.80. The zero-order valence-corrected chi connectivity index (χ0v) is 22.6. The number of rotatable bonds is 7. The van der Waals surface area contributed by atoms with E-state index in [2.05, 4.69) is 22.5 Å². The number of carbonyl (C=O) groups is 2. The first-order chi connectivity index (χ1) is 17.7. The molecular weight excluding hydrogens is 508 g/mol. The van der Waals surface area contributed by atoms with Crippen molar-refractivity contribution in [1.29, 1.82) is 0 Å². The van der Waals surface area contributed by atoms with Gasteiger partial charge in [0, 0.05) is 41.6 Å². The molecule has 3 aromatic rings. The average molecular weight is 541 g/mol. The van der Waals surface area contributed by atoms with E-state index in [9.17, 15) is 19.8 Å². The molecular formula is C27H32N4O4S2. The van der Waals surface area contributed by atoms with Crippen LogP contribution >= 0.6 is 22.7 Å². The summed E-state index contributed by atoms with van der Waals surface area (Å²) in [5.74, 6) is -0.544. The van der Waals surface area contributed by atoms with Crippen LogP contribution in [0.1, 0.15) is 64.8 Å². The SMILES string of the molecule is C[C@]1(CO)[C@H]2Cc3sc(NC(=O)c4cccs4)nc3[C@@H](CC(=O)NCc3cccnc3)[C@]2(C)CC[C@H]1O. The molecule has 2 aliphatic carbocycles. The van der Waals surface area contributed by atoms with E-state index >= 15 is 0 Å². The third-order valence-electron chi connectivity index (χ3n) is 8.46. The van der Waals surface area contributed by atoms with Gasteiger partial charge in [-0.15, -0.1) is 22.7 Å². The van der Waals surface area contributed by atoms with Crippen LogP contribution in [0.15, 0.2) is 42.0 Å². The number of carbonyl (C=O) groups excluding carboxylic acids is 2. The molecule has 2 aliphatic rings. The predicted octanol–water partition coefficient (Wildman–Crippen LogP) is 3.97. The third-order valence-corrected chi connectivity index (χ3v) is 10.3. The number of aromatic nitrogens is 2. The van der Waals surface area contributed by atoms with Crippen molar-refractivity contribution < 1.29 is 19.8 Å². The van der Waals surface area contributed by atoms with Crippen LogP contribution in [0, 0.1) is 16.7 Å². The molecule has 8 nitrogen and oxygen atoms in total. The standard InChI is InChI=1S/C27H32N4O4S2/c1-26-8-7-21(33)27(2,15-32)20(26)12-19-23(30-25(37-19)31-24(35)18-6-4-10-36-18)17(26)11-22(34)29-14-16-5-3-9-28-13-16/h3-6,9-10,13,17,20-21,32-33H,7-8,11-12,14-15H2,1-2H3,(H,29,34)(H,30,31,35)/t17-,20+,21-,26+,27+/m1/s1. The van der Waals surface area contributed by atoms with Crippen LogP contribution in [0.2, 0.25) is 0 Å². The zero-order valence-electron chi connectivity index (χ0n) is 20.9. The zero-order chi connectivity index (χ0) is 26.2. The summed E-state index contributed by atoms with van der Waals surface area (Å²) in [5.41, 5.74) is 0.724. The fraction of sp³-hybridized carbons (Fsp3) is 0.481. The molecule has 37 heavy (non-hydrogen) atoms. The second-order valence-corrected chi connectivity index (χ2v) is 12.7. The quantitative estimate of drug-likeness (QED) is 0.359. The van der Waals surface area contributed by atoms with E-state index in [1.165, 1.54) is 22.7 Å². The maximum atomic E-state index is 13.2. The van der Waals surface area contributed by atoms with E-state index in [4.69, 9.17) is 4.98 Å². The Morgan fingerprint density at radius 3 is 2.78 bits per heavy atom. The number of hydrogen-bond donors (Lipinski definition) is 4. The molecule has 3 heterocycles. The van der Waals surface area contributed by atoms with Crippen molar-refractivity contribution in [3.05, 3.63) is 63.1 Å². The van der Waals surface area contributed by atoms with Crippen LogP contribution in [0.4, 0.5) is 5.13 Å². The van der Waals surface area contributed by atoms with Crippen LogP contribution < -0.4 is 10.6 Å². The Labute approximate surface area is 224 Å². The van der Waals surface area contributed by atoms with Gasteiger partial charge in [-0.2, -0.15) is 0 Å². The van der Waals surface area contributed by atoms with Crippen LogP contribution in [0.3, 0.4) is 0 Å². The number of hydrogen-bond acceptors (Lipinski definition) is 8. The summed E-state index contributed by atoms with van der Waals surface area (Å²) in [7, 11) is 0. The summed E-state index contributed by atoms with van der Waals surface area (Å²) in [6.07, 6.45) is 4.96. The number of anilines is 1. The van der Waals surface area contributed by atoms with E-state index in [-0.39, 0.29) is 42.1 Å². The molecule has 0 unspecified atom stereocenters. The van der Waals surface area contributed by atoms with Crippen molar-refractivity contribution in [2.75, 3.05) is 11.9 Å². The van der Waals surface area contributed by atoms with Crippen molar-refractivity contribution in [2.24, 2.45) is 16.7 Å². The Bertz CT molecular complexity index is 1260. The lowest BCUT2D eigenvalue weighted by atomic mass is 9.47. The van der Waals surface area contributed by atoms with Gasteiger partial charge in [-0.1, -0.05) is 26.0 Å². The lowest BCUT2D eigenvalue weighted by Crippen LogP contribution is -2.57. The highest BCUT2D eigenvalue weighted by atomic mass is 32.1. The molecule has 10 heteroatoms. The Hall–Kier alpha value is -2.66. The van der Waals surface area contributed by atoms with Gasteiger partial charge in [0.05, 0.1) is 23.3 Å². The average Bonchev–Trinajstić information content (AvgIpc) is 3.57. The third kappa shape index (κ3) is 4.83. The summed E-state index contributed by atoms with van der Waals surface area (Å²) in [4.78, 5) is 36.5. The molecule has 5 rings (SSSR count). The summed E-state index contributed by atoms with van der Waals surface area (Å²) in [6, 6.07) is 7.36. The number of aliphatic hydroxyl groups excluding tert-OH is 2. The molecule has 196 valence electrons. The van der Waals surface area contributed by atoms with Crippen molar-refractivity contribution >= 4 is 39.6 Å². The Kier molecular flexibility index (Phi) is 7.19. The summed E-state index contributed by atoms with van der Waals surface area (Å²) < 4.78 is 0. The maximum absolute atomic E-state index is 13.2. The van der Waals surface area contributed by atoms with Crippen molar-refractivity contribution in [1.82, 2.24) is 15.3 Å². The van der Waals surface area contributed by atoms with E-state index < -0.39 is 11.5 Å². The van der Waals surface area contributed by atoms with Gasteiger partial charge in [-0.3, -0.25) is 19.9 Å². The lowest BCUT2D eigenvalue weighted by Gasteiger charge is -2.58. The highest BCUT2D eigenvalue weighted by Gasteiger charge is 2.59.